The minimum absolute atomic E-state index is 0.580. The second-order valence-corrected chi connectivity index (χ2v) is 5.02. The van der Waals surface area contributed by atoms with Crippen molar-refractivity contribution in [1.82, 2.24) is 9.97 Å². The van der Waals surface area contributed by atoms with Gasteiger partial charge in [0.1, 0.15) is 12.1 Å². The largest absolute Gasteiger partial charge is 0.353 e. The molecule has 0 aromatic carbocycles. The molecule has 0 amide bonds. The van der Waals surface area contributed by atoms with Crippen molar-refractivity contribution in [2.75, 3.05) is 16.8 Å². The second-order valence-electron chi connectivity index (χ2n) is 4.37. The summed E-state index contributed by atoms with van der Waals surface area (Å²) in [5.74, 6) is 1.08. The minimum Gasteiger partial charge on any atom is -0.353 e. The Labute approximate surface area is 105 Å². The highest BCUT2D eigenvalue weighted by Crippen LogP contribution is 2.23. The number of halogens is 1. The van der Waals surface area contributed by atoms with Gasteiger partial charge >= 0.3 is 0 Å². The fourth-order valence-corrected chi connectivity index (χ4v) is 2.91. The third kappa shape index (κ3) is 2.73. The summed E-state index contributed by atoms with van der Waals surface area (Å²) in [5.41, 5.74) is 1.04. The van der Waals surface area contributed by atoms with Crippen LogP contribution in [-0.2, 0) is 0 Å². The first-order valence-electron chi connectivity index (χ1n) is 5.92. The molecule has 1 aliphatic heterocycles. The summed E-state index contributed by atoms with van der Waals surface area (Å²) < 4.78 is 0. The van der Waals surface area contributed by atoms with Crippen LogP contribution in [-0.4, -0.2) is 27.9 Å². The Hall–Kier alpha value is -0.640. The average molecular weight is 284 g/mol. The van der Waals surface area contributed by atoms with Crippen LogP contribution in [0.5, 0.6) is 0 Å². The van der Waals surface area contributed by atoms with Gasteiger partial charge in [0.25, 0.3) is 0 Å². The van der Waals surface area contributed by atoms with Crippen LogP contribution in [0.15, 0.2) is 12.4 Å². The summed E-state index contributed by atoms with van der Waals surface area (Å²) in [6.45, 7) is 3.14. The van der Waals surface area contributed by atoms with Crippen molar-refractivity contribution >= 4 is 21.7 Å². The van der Waals surface area contributed by atoms with Gasteiger partial charge in [-0.05, 0) is 19.8 Å². The molecular weight excluding hydrogens is 266 g/mol. The van der Waals surface area contributed by atoms with Gasteiger partial charge in [-0.1, -0.05) is 28.8 Å². The molecule has 1 fully saturated rings. The van der Waals surface area contributed by atoms with Gasteiger partial charge in [0.15, 0.2) is 0 Å². The SMILES string of the molecule is Cc1cc(N2CCCCCC2CBr)ncn1. The Morgan fingerprint density at radius 1 is 1.38 bits per heavy atom. The van der Waals surface area contributed by atoms with E-state index in [1.165, 1.54) is 25.7 Å². The van der Waals surface area contributed by atoms with Crippen LogP contribution in [0.3, 0.4) is 0 Å². The predicted octanol–water partition coefficient (Wildman–Crippen LogP) is 2.93. The van der Waals surface area contributed by atoms with E-state index in [9.17, 15) is 0 Å². The topological polar surface area (TPSA) is 29.0 Å². The zero-order chi connectivity index (χ0) is 11.4. The van der Waals surface area contributed by atoms with Crippen LogP contribution in [0.1, 0.15) is 31.4 Å². The molecular formula is C12H18BrN3. The van der Waals surface area contributed by atoms with Gasteiger partial charge in [0, 0.05) is 29.7 Å². The van der Waals surface area contributed by atoms with Gasteiger partial charge in [-0.3, -0.25) is 0 Å². The summed E-state index contributed by atoms with van der Waals surface area (Å²) in [6, 6.07) is 2.66. The first kappa shape index (κ1) is 11.8. The molecule has 2 rings (SSSR count). The molecule has 0 bridgehead atoms. The van der Waals surface area contributed by atoms with E-state index in [1.807, 2.05) is 6.92 Å². The molecule has 0 radical (unpaired) electrons. The Morgan fingerprint density at radius 3 is 3.00 bits per heavy atom. The molecule has 0 saturated carbocycles. The average Bonchev–Trinajstić information content (AvgIpc) is 2.53. The van der Waals surface area contributed by atoms with Crippen molar-refractivity contribution in [3.8, 4) is 0 Å². The van der Waals surface area contributed by atoms with Crippen molar-refractivity contribution in [3.05, 3.63) is 18.1 Å². The molecule has 1 aliphatic rings. The first-order chi connectivity index (χ1) is 7.81. The fraction of sp³-hybridized carbons (Fsp3) is 0.667. The Morgan fingerprint density at radius 2 is 2.25 bits per heavy atom. The van der Waals surface area contributed by atoms with Crippen molar-refractivity contribution in [3.63, 3.8) is 0 Å². The Balaban J connectivity index is 2.21. The number of hydrogen-bond donors (Lipinski definition) is 0. The number of rotatable bonds is 2. The number of alkyl halides is 1. The number of aryl methyl sites for hydroxylation is 1. The third-order valence-electron chi connectivity index (χ3n) is 3.14. The minimum atomic E-state index is 0.580. The monoisotopic (exact) mass is 283 g/mol. The molecule has 2 heterocycles. The lowest BCUT2D eigenvalue weighted by Crippen LogP contribution is -2.36. The molecule has 1 saturated heterocycles. The molecule has 1 atom stereocenters. The van der Waals surface area contributed by atoms with E-state index in [4.69, 9.17) is 0 Å². The molecule has 4 heteroatoms. The van der Waals surface area contributed by atoms with E-state index in [1.54, 1.807) is 6.33 Å². The van der Waals surface area contributed by atoms with Crippen LogP contribution < -0.4 is 4.90 Å². The van der Waals surface area contributed by atoms with E-state index in [0.717, 1.165) is 23.4 Å². The maximum Gasteiger partial charge on any atom is 0.132 e. The number of anilines is 1. The lowest BCUT2D eigenvalue weighted by molar-refractivity contribution is 0.620. The van der Waals surface area contributed by atoms with Crippen molar-refractivity contribution in [2.45, 2.75) is 38.6 Å². The zero-order valence-electron chi connectivity index (χ0n) is 9.69. The third-order valence-corrected chi connectivity index (χ3v) is 3.89. The van der Waals surface area contributed by atoms with Gasteiger partial charge in [0.2, 0.25) is 0 Å². The highest BCUT2D eigenvalue weighted by molar-refractivity contribution is 9.09. The highest BCUT2D eigenvalue weighted by Gasteiger charge is 2.21. The predicted molar refractivity (Wildman–Crippen MR) is 70.2 cm³/mol. The second kappa shape index (κ2) is 5.62. The van der Waals surface area contributed by atoms with E-state index in [0.29, 0.717) is 6.04 Å². The maximum absolute atomic E-state index is 4.40. The molecule has 0 spiro atoms. The maximum atomic E-state index is 4.40. The summed E-state index contributed by atoms with van der Waals surface area (Å²) >= 11 is 3.62. The molecule has 0 N–H and O–H groups in total. The lowest BCUT2D eigenvalue weighted by atomic mass is 10.1. The van der Waals surface area contributed by atoms with Crippen molar-refractivity contribution in [2.24, 2.45) is 0 Å². The Kier molecular flexibility index (Phi) is 4.16. The van der Waals surface area contributed by atoms with Gasteiger partial charge in [-0.2, -0.15) is 0 Å². The van der Waals surface area contributed by atoms with Crippen LogP contribution in [0.4, 0.5) is 5.82 Å². The highest BCUT2D eigenvalue weighted by atomic mass is 79.9. The van der Waals surface area contributed by atoms with E-state index < -0.39 is 0 Å². The quantitative estimate of drug-likeness (QED) is 0.782. The van der Waals surface area contributed by atoms with Crippen molar-refractivity contribution in [1.29, 1.82) is 0 Å². The summed E-state index contributed by atoms with van der Waals surface area (Å²) in [4.78, 5) is 11.0. The normalized spacial score (nSPS) is 21.9. The van der Waals surface area contributed by atoms with Crippen molar-refractivity contribution < 1.29 is 0 Å². The molecule has 3 nitrogen and oxygen atoms in total. The van der Waals surface area contributed by atoms with Gasteiger partial charge in [0.05, 0.1) is 0 Å². The Bertz CT molecular complexity index is 343. The van der Waals surface area contributed by atoms with E-state index in [-0.39, 0.29) is 0 Å². The standard InChI is InChI=1S/C12H18BrN3/c1-10-7-12(15-9-14-10)16-6-4-2-3-5-11(16)8-13/h7,9,11H,2-6,8H2,1H3. The van der Waals surface area contributed by atoms with Crippen LogP contribution in [0.2, 0.25) is 0 Å². The summed E-state index contributed by atoms with van der Waals surface area (Å²) in [6.07, 6.45) is 6.86. The van der Waals surface area contributed by atoms with Crippen LogP contribution in [0.25, 0.3) is 0 Å². The van der Waals surface area contributed by atoms with Crippen LogP contribution in [0, 0.1) is 6.92 Å². The molecule has 1 aromatic rings. The molecule has 0 aliphatic carbocycles. The molecule has 1 aromatic heterocycles. The number of nitrogens with zero attached hydrogens (tertiary/aromatic N) is 3. The van der Waals surface area contributed by atoms with E-state index >= 15 is 0 Å². The van der Waals surface area contributed by atoms with Crippen LogP contribution >= 0.6 is 15.9 Å². The van der Waals surface area contributed by atoms with Gasteiger partial charge in [-0.25, -0.2) is 9.97 Å². The van der Waals surface area contributed by atoms with Gasteiger partial charge in [-0.15, -0.1) is 0 Å². The van der Waals surface area contributed by atoms with E-state index in [2.05, 4.69) is 36.9 Å². The summed E-state index contributed by atoms with van der Waals surface area (Å²) in [7, 11) is 0. The molecule has 88 valence electrons. The summed E-state index contributed by atoms with van der Waals surface area (Å²) in [5, 5.41) is 1.02. The smallest absolute Gasteiger partial charge is 0.132 e. The number of aromatic nitrogens is 2. The molecule has 1 unspecified atom stereocenters. The fourth-order valence-electron chi connectivity index (χ4n) is 2.24. The zero-order valence-corrected chi connectivity index (χ0v) is 11.3. The first-order valence-corrected chi connectivity index (χ1v) is 7.04. The molecule has 16 heavy (non-hydrogen) atoms. The van der Waals surface area contributed by atoms with Gasteiger partial charge < -0.3 is 4.90 Å². The lowest BCUT2D eigenvalue weighted by Gasteiger charge is -2.29. The number of hydrogen-bond acceptors (Lipinski definition) is 3.